The smallest absolute Gasteiger partial charge is 0.244 e. The van der Waals surface area contributed by atoms with Crippen molar-refractivity contribution in [3.8, 4) is 0 Å². The van der Waals surface area contributed by atoms with Gasteiger partial charge in [-0.3, -0.25) is 14.4 Å². The van der Waals surface area contributed by atoms with Crippen LogP contribution in [0.5, 0.6) is 0 Å². The first kappa shape index (κ1) is 22.3. The molecule has 1 unspecified atom stereocenters. The normalized spacial score (nSPS) is 15.1. The van der Waals surface area contributed by atoms with Gasteiger partial charge in [0, 0.05) is 49.4 Å². The molecule has 33 heavy (non-hydrogen) atoms. The molecule has 3 aromatic rings. The van der Waals surface area contributed by atoms with Gasteiger partial charge in [0.15, 0.2) is 0 Å². The number of carbonyl (C=O) groups excluding carboxylic acids is 3. The third kappa shape index (κ3) is 5.49. The summed E-state index contributed by atoms with van der Waals surface area (Å²) < 4.78 is 0. The van der Waals surface area contributed by atoms with Crippen molar-refractivity contribution in [3.05, 3.63) is 78.0 Å². The van der Waals surface area contributed by atoms with E-state index in [1.54, 1.807) is 22.8 Å². The van der Waals surface area contributed by atoms with Crippen molar-refractivity contribution in [1.82, 2.24) is 20.1 Å². The van der Waals surface area contributed by atoms with E-state index in [1.165, 1.54) is 6.08 Å². The van der Waals surface area contributed by atoms with E-state index in [1.807, 2.05) is 60.8 Å². The third-order valence-corrected chi connectivity index (χ3v) is 5.92. The number of rotatable bonds is 6. The number of para-hydroxylation sites is 1. The van der Waals surface area contributed by atoms with Crippen LogP contribution < -0.4 is 5.32 Å². The maximum absolute atomic E-state index is 12.8. The molecule has 7 heteroatoms. The predicted molar refractivity (Wildman–Crippen MR) is 128 cm³/mol. The van der Waals surface area contributed by atoms with E-state index in [-0.39, 0.29) is 17.7 Å². The minimum Gasteiger partial charge on any atom is -0.361 e. The number of H-pyrrole nitrogens is 1. The van der Waals surface area contributed by atoms with Gasteiger partial charge in [-0.25, -0.2) is 0 Å². The van der Waals surface area contributed by atoms with Crippen LogP contribution in [-0.4, -0.2) is 64.7 Å². The van der Waals surface area contributed by atoms with Gasteiger partial charge < -0.3 is 20.1 Å². The molecule has 2 heterocycles. The Morgan fingerprint density at radius 3 is 2.39 bits per heavy atom. The number of benzene rings is 2. The molecule has 4 rings (SSSR count). The second-order valence-electron chi connectivity index (χ2n) is 8.22. The van der Waals surface area contributed by atoms with E-state index < -0.39 is 6.04 Å². The summed E-state index contributed by atoms with van der Waals surface area (Å²) in [6.07, 6.45) is 5.36. The zero-order valence-corrected chi connectivity index (χ0v) is 18.7. The van der Waals surface area contributed by atoms with Crippen LogP contribution in [0.15, 0.2) is 66.9 Å². The highest BCUT2D eigenvalue weighted by Gasteiger charge is 2.27. The molecule has 0 radical (unpaired) electrons. The number of piperazine rings is 1. The molecule has 0 bridgehead atoms. The van der Waals surface area contributed by atoms with Gasteiger partial charge in [0.25, 0.3) is 0 Å². The number of hydrogen-bond acceptors (Lipinski definition) is 3. The average molecular weight is 445 g/mol. The Morgan fingerprint density at radius 2 is 1.64 bits per heavy atom. The van der Waals surface area contributed by atoms with Crippen molar-refractivity contribution in [2.45, 2.75) is 19.4 Å². The van der Waals surface area contributed by atoms with Gasteiger partial charge in [-0.15, -0.1) is 0 Å². The maximum atomic E-state index is 12.8. The Labute approximate surface area is 193 Å². The van der Waals surface area contributed by atoms with Crippen molar-refractivity contribution in [3.63, 3.8) is 0 Å². The lowest BCUT2D eigenvalue weighted by molar-refractivity contribution is -0.141. The molecule has 2 N–H and O–H groups in total. The number of carbonyl (C=O) groups is 3. The van der Waals surface area contributed by atoms with E-state index in [0.29, 0.717) is 32.6 Å². The second kappa shape index (κ2) is 10.2. The third-order valence-electron chi connectivity index (χ3n) is 5.92. The van der Waals surface area contributed by atoms with E-state index in [4.69, 9.17) is 0 Å². The number of aromatic amines is 1. The number of nitrogens with zero attached hydrogens (tertiary/aromatic N) is 2. The van der Waals surface area contributed by atoms with Gasteiger partial charge in [-0.1, -0.05) is 48.5 Å². The zero-order chi connectivity index (χ0) is 23.2. The lowest BCUT2D eigenvalue weighted by Crippen LogP contribution is -2.55. The highest BCUT2D eigenvalue weighted by molar-refractivity contribution is 5.95. The SMILES string of the molecule is CC(NC(=O)/C=C/c1ccccc1)C(=O)N1CCN(C(=O)Cc2c[nH]c3ccccc23)CC1. The molecule has 170 valence electrons. The van der Waals surface area contributed by atoms with E-state index >= 15 is 0 Å². The van der Waals surface area contributed by atoms with Crippen LogP contribution in [0.3, 0.4) is 0 Å². The van der Waals surface area contributed by atoms with Gasteiger partial charge in [0.05, 0.1) is 6.42 Å². The fraction of sp³-hybridized carbons (Fsp3) is 0.269. The van der Waals surface area contributed by atoms with Crippen molar-refractivity contribution in [1.29, 1.82) is 0 Å². The Morgan fingerprint density at radius 1 is 0.970 bits per heavy atom. The van der Waals surface area contributed by atoms with Gasteiger partial charge >= 0.3 is 0 Å². The van der Waals surface area contributed by atoms with Gasteiger partial charge in [0.2, 0.25) is 17.7 Å². The summed E-state index contributed by atoms with van der Waals surface area (Å²) in [6.45, 7) is 3.57. The van der Waals surface area contributed by atoms with Gasteiger partial charge in [0.1, 0.15) is 6.04 Å². The summed E-state index contributed by atoms with van der Waals surface area (Å²) >= 11 is 0. The summed E-state index contributed by atoms with van der Waals surface area (Å²) in [7, 11) is 0. The number of nitrogens with one attached hydrogen (secondary N) is 2. The molecule has 0 spiro atoms. The van der Waals surface area contributed by atoms with Crippen LogP contribution in [0.1, 0.15) is 18.1 Å². The molecule has 0 aliphatic carbocycles. The summed E-state index contributed by atoms with van der Waals surface area (Å²) in [4.78, 5) is 44.5. The Bertz CT molecular complexity index is 1160. The van der Waals surface area contributed by atoms with E-state index in [9.17, 15) is 14.4 Å². The van der Waals surface area contributed by atoms with Crippen LogP contribution >= 0.6 is 0 Å². The van der Waals surface area contributed by atoms with Crippen molar-refractivity contribution >= 4 is 34.7 Å². The van der Waals surface area contributed by atoms with Crippen LogP contribution in [0, 0.1) is 0 Å². The summed E-state index contributed by atoms with van der Waals surface area (Å²) in [5, 5.41) is 3.79. The summed E-state index contributed by atoms with van der Waals surface area (Å²) in [6, 6.07) is 16.8. The van der Waals surface area contributed by atoms with Crippen molar-refractivity contribution < 1.29 is 14.4 Å². The minimum atomic E-state index is -0.633. The molecule has 7 nitrogen and oxygen atoms in total. The molecule has 1 aromatic heterocycles. The highest BCUT2D eigenvalue weighted by atomic mass is 16.2. The lowest BCUT2D eigenvalue weighted by Gasteiger charge is -2.36. The number of fused-ring (bicyclic) bond motifs is 1. The Balaban J connectivity index is 1.25. The quantitative estimate of drug-likeness (QED) is 0.573. The average Bonchev–Trinajstić information content (AvgIpc) is 3.25. The molecule has 1 aliphatic rings. The van der Waals surface area contributed by atoms with Crippen molar-refractivity contribution in [2.75, 3.05) is 26.2 Å². The molecule has 1 atom stereocenters. The number of hydrogen-bond donors (Lipinski definition) is 2. The molecule has 3 amide bonds. The largest absolute Gasteiger partial charge is 0.361 e. The molecule has 1 saturated heterocycles. The Kier molecular flexibility index (Phi) is 6.88. The zero-order valence-electron chi connectivity index (χ0n) is 18.7. The molecule has 0 saturated carbocycles. The Hall–Kier alpha value is -3.87. The van der Waals surface area contributed by atoms with Crippen LogP contribution in [0.25, 0.3) is 17.0 Å². The van der Waals surface area contributed by atoms with Crippen LogP contribution in [0.2, 0.25) is 0 Å². The van der Waals surface area contributed by atoms with E-state index in [0.717, 1.165) is 22.0 Å². The second-order valence-corrected chi connectivity index (χ2v) is 8.22. The predicted octanol–water partition coefficient (Wildman–Crippen LogP) is 2.60. The van der Waals surface area contributed by atoms with Gasteiger partial charge in [-0.05, 0) is 30.2 Å². The molecule has 1 fully saturated rings. The summed E-state index contributed by atoms with van der Waals surface area (Å²) in [5.74, 6) is -0.397. The van der Waals surface area contributed by atoms with E-state index in [2.05, 4.69) is 10.3 Å². The first-order valence-corrected chi connectivity index (χ1v) is 11.2. The van der Waals surface area contributed by atoms with Gasteiger partial charge in [-0.2, -0.15) is 0 Å². The molecule has 1 aliphatic heterocycles. The van der Waals surface area contributed by atoms with Crippen LogP contribution in [-0.2, 0) is 20.8 Å². The monoisotopic (exact) mass is 444 g/mol. The minimum absolute atomic E-state index is 0.0549. The fourth-order valence-electron chi connectivity index (χ4n) is 4.06. The van der Waals surface area contributed by atoms with Crippen molar-refractivity contribution in [2.24, 2.45) is 0 Å². The maximum Gasteiger partial charge on any atom is 0.244 e. The fourth-order valence-corrected chi connectivity index (χ4v) is 4.06. The summed E-state index contributed by atoms with van der Waals surface area (Å²) in [5.41, 5.74) is 2.92. The highest BCUT2D eigenvalue weighted by Crippen LogP contribution is 2.19. The molecular formula is C26H28N4O3. The first-order chi connectivity index (χ1) is 16.0. The number of aromatic nitrogens is 1. The van der Waals surface area contributed by atoms with Crippen LogP contribution in [0.4, 0.5) is 0 Å². The number of amides is 3. The standard InChI is InChI=1S/C26H28N4O3/c1-19(28-24(31)12-11-20-7-3-2-4-8-20)26(33)30-15-13-29(14-16-30)25(32)17-21-18-27-23-10-6-5-9-22(21)23/h2-12,18-19,27H,13-17H2,1H3,(H,28,31)/b12-11+. The lowest BCUT2D eigenvalue weighted by atomic mass is 10.1. The topological polar surface area (TPSA) is 85.5 Å². The molecule has 2 aromatic carbocycles. The first-order valence-electron chi connectivity index (χ1n) is 11.2. The molecular weight excluding hydrogens is 416 g/mol.